The van der Waals surface area contributed by atoms with Crippen molar-refractivity contribution >= 4 is 0 Å². The number of hydrogen-bond donors (Lipinski definition) is 2. The van der Waals surface area contributed by atoms with E-state index in [1.165, 1.54) is 25.8 Å². The molecule has 2 N–H and O–H groups in total. The molecule has 1 saturated carbocycles. The molecule has 2 rings (SSSR count). The van der Waals surface area contributed by atoms with Gasteiger partial charge in [0.25, 0.3) is 0 Å². The fourth-order valence-corrected chi connectivity index (χ4v) is 4.79. The number of aliphatic hydroxyl groups is 1. The summed E-state index contributed by atoms with van der Waals surface area (Å²) in [6, 6.07) is 1.75. The summed E-state index contributed by atoms with van der Waals surface area (Å²) in [5.41, 5.74) is -0.0548. The van der Waals surface area contributed by atoms with Gasteiger partial charge in [0.05, 0.1) is 6.61 Å². The molecule has 0 aromatic rings. The molecule has 2 aliphatic rings. The van der Waals surface area contributed by atoms with Crippen molar-refractivity contribution in [3.63, 3.8) is 0 Å². The van der Waals surface area contributed by atoms with Gasteiger partial charge in [0.15, 0.2) is 0 Å². The largest absolute Gasteiger partial charge is 0.394 e. The Balaban J connectivity index is 2.08. The van der Waals surface area contributed by atoms with E-state index in [0.717, 1.165) is 24.7 Å². The summed E-state index contributed by atoms with van der Waals surface area (Å²) in [6.07, 6.45) is 6.11. The summed E-state index contributed by atoms with van der Waals surface area (Å²) in [5.74, 6) is 1.59. The molecule has 21 heavy (non-hydrogen) atoms. The Morgan fingerprint density at radius 1 is 1.29 bits per heavy atom. The summed E-state index contributed by atoms with van der Waals surface area (Å²) >= 11 is 0. The number of piperidine rings is 1. The number of hydrogen-bond acceptors (Lipinski definition) is 3. The van der Waals surface area contributed by atoms with Crippen molar-refractivity contribution in [1.82, 2.24) is 10.2 Å². The summed E-state index contributed by atoms with van der Waals surface area (Å²) < 4.78 is 0. The lowest BCUT2D eigenvalue weighted by molar-refractivity contribution is -0.00634. The van der Waals surface area contributed by atoms with Gasteiger partial charge in [0.1, 0.15) is 0 Å². The van der Waals surface area contributed by atoms with Crippen LogP contribution in [0.25, 0.3) is 0 Å². The summed E-state index contributed by atoms with van der Waals surface area (Å²) in [5, 5.41) is 13.7. The van der Waals surface area contributed by atoms with E-state index in [4.69, 9.17) is 0 Å². The van der Waals surface area contributed by atoms with Crippen LogP contribution in [0.5, 0.6) is 0 Å². The molecule has 0 aromatic heterocycles. The van der Waals surface area contributed by atoms with Gasteiger partial charge in [-0.1, -0.05) is 27.7 Å². The average molecular weight is 296 g/mol. The van der Waals surface area contributed by atoms with Gasteiger partial charge < -0.3 is 10.4 Å². The van der Waals surface area contributed by atoms with Gasteiger partial charge >= 0.3 is 0 Å². The van der Waals surface area contributed by atoms with Gasteiger partial charge in [-0.15, -0.1) is 0 Å². The van der Waals surface area contributed by atoms with Crippen LogP contribution in [-0.2, 0) is 0 Å². The van der Waals surface area contributed by atoms with Gasteiger partial charge in [-0.3, -0.25) is 4.90 Å². The maximum absolute atomic E-state index is 10.00. The van der Waals surface area contributed by atoms with Gasteiger partial charge in [-0.25, -0.2) is 0 Å². The topological polar surface area (TPSA) is 35.5 Å². The number of aliphatic hydroxyl groups excluding tert-OH is 1. The average Bonchev–Trinajstić information content (AvgIpc) is 2.42. The number of likely N-dealkylation sites (tertiary alicyclic amines) is 1. The van der Waals surface area contributed by atoms with Crippen molar-refractivity contribution in [1.29, 1.82) is 0 Å². The molecule has 0 radical (unpaired) electrons. The third-order valence-electron chi connectivity index (χ3n) is 5.83. The van der Waals surface area contributed by atoms with E-state index in [9.17, 15) is 5.11 Å². The molecule has 5 unspecified atom stereocenters. The van der Waals surface area contributed by atoms with Gasteiger partial charge in [0, 0.05) is 30.2 Å². The third kappa shape index (κ3) is 4.00. The van der Waals surface area contributed by atoms with Crippen molar-refractivity contribution in [2.45, 2.75) is 90.4 Å². The molecule has 1 heterocycles. The highest BCUT2D eigenvalue weighted by Crippen LogP contribution is 2.36. The van der Waals surface area contributed by atoms with E-state index in [-0.39, 0.29) is 12.1 Å². The number of nitrogens with zero attached hydrogens (tertiary/aromatic N) is 1. The number of nitrogens with one attached hydrogen (secondary N) is 1. The Hall–Kier alpha value is -0.120. The molecule has 124 valence electrons. The molecule has 5 atom stereocenters. The SMILES string of the molecule is CC1CC(C)C(C)N(C2CCCC(CO)(NC(C)C)C2)C1. The second-order valence-corrected chi connectivity index (χ2v) is 8.24. The molecule has 3 heteroatoms. The first-order valence-corrected chi connectivity index (χ1v) is 9.01. The lowest BCUT2D eigenvalue weighted by Crippen LogP contribution is -2.60. The Morgan fingerprint density at radius 3 is 2.62 bits per heavy atom. The molecular weight excluding hydrogens is 260 g/mol. The van der Waals surface area contributed by atoms with E-state index in [2.05, 4.69) is 44.8 Å². The van der Waals surface area contributed by atoms with Crippen molar-refractivity contribution in [2.24, 2.45) is 11.8 Å². The first-order chi connectivity index (χ1) is 9.87. The van der Waals surface area contributed by atoms with E-state index in [1.54, 1.807) is 0 Å². The zero-order valence-electron chi connectivity index (χ0n) is 14.7. The monoisotopic (exact) mass is 296 g/mol. The van der Waals surface area contributed by atoms with Crippen LogP contribution < -0.4 is 5.32 Å². The molecule has 0 aromatic carbocycles. The summed E-state index contributed by atoms with van der Waals surface area (Å²) in [4.78, 5) is 2.75. The molecule has 1 aliphatic carbocycles. The third-order valence-corrected chi connectivity index (χ3v) is 5.83. The van der Waals surface area contributed by atoms with Crippen LogP contribution in [0.2, 0.25) is 0 Å². The zero-order chi connectivity index (χ0) is 15.6. The van der Waals surface area contributed by atoms with Crippen molar-refractivity contribution in [3.05, 3.63) is 0 Å². The van der Waals surface area contributed by atoms with E-state index in [0.29, 0.717) is 18.1 Å². The van der Waals surface area contributed by atoms with Crippen molar-refractivity contribution < 1.29 is 5.11 Å². The van der Waals surface area contributed by atoms with Crippen LogP contribution in [0.3, 0.4) is 0 Å². The molecule has 0 bridgehead atoms. The second kappa shape index (κ2) is 6.97. The molecule has 2 fully saturated rings. The Bertz CT molecular complexity index is 333. The van der Waals surface area contributed by atoms with Crippen LogP contribution in [-0.4, -0.2) is 46.8 Å². The van der Waals surface area contributed by atoms with Crippen LogP contribution in [0.15, 0.2) is 0 Å². The quantitative estimate of drug-likeness (QED) is 0.837. The minimum Gasteiger partial charge on any atom is -0.394 e. The van der Waals surface area contributed by atoms with Crippen LogP contribution in [0.1, 0.15) is 66.7 Å². The molecule has 3 nitrogen and oxygen atoms in total. The fraction of sp³-hybridized carbons (Fsp3) is 1.00. The van der Waals surface area contributed by atoms with Crippen molar-refractivity contribution in [2.75, 3.05) is 13.2 Å². The molecule has 0 amide bonds. The summed E-state index contributed by atoms with van der Waals surface area (Å²) in [7, 11) is 0. The lowest BCUT2D eigenvalue weighted by atomic mass is 9.76. The Labute approximate surface area is 131 Å². The van der Waals surface area contributed by atoms with Gasteiger partial charge in [0.2, 0.25) is 0 Å². The smallest absolute Gasteiger partial charge is 0.0613 e. The van der Waals surface area contributed by atoms with E-state index < -0.39 is 0 Å². The van der Waals surface area contributed by atoms with Gasteiger partial charge in [-0.2, -0.15) is 0 Å². The fourth-order valence-electron chi connectivity index (χ4n) is 4.79. The van der Waals surface area contributed by atoms with E-state index in [1.807, 2.05) is 0 Å². The molecule has 0 spiro atoms. The van der Waals surface area contributed by atoms with Gasteiger partial charge in [-0.05, 0) is 50.9 Å². The van der Waals surface area contributed by atoms with Crippen LogP contribution >= 0.6 is 0 Å². The van der Waals surface area contributed by atoms with Crippen LogP contribution in [0, 0.1) is 11.8 Å². The molecule has 1 saturated heterocycles. The Morgan fingerprint density at radius 2 is 2.00 bits per heavy atom. The lowest BCUT2D eigenvalue weighted by Gasteiger charge is -2.51. The highest BCUT2D eigenvalue weighted by Gasteiger charge is 2.41. The first-order valence-electron chi connectivity index (χ1n) is 9.01. The highest BCUT2D eigenvalue weighted by molar-refractivity contribution is 4.99. The maximum Gasteiger partial charge on any atom is 0.0613 e. The van der Waals surface area contributed by atoms with Crippen LogP contribution in [0.4, 0.5) is 0 Å². The highest BCUT2D eigenvalue weighted by atomic mass is 16.3. The minimum absolute atomic E-state index is 0.0548. The van der Waals surface area contributed by atoms with Crippen molar-refractivity contribution in [3.8, 4) is 0 Å². The Kier molecular flexibility index (Phi) is 5.72. The predicted octanol–water partition coefficient (Wildman–Crippen LogP) is 3.02. The molecule has 1 aliphatic heterocycles. The first kappa shape index (κ1) is 17.2. The zero-order valence-corrected chi connectivity index (χ0v) is 14.7. The second-order valence-electron chi connectivity index (χ2n) is 8.24. The standard InChI is InChI=1S/C18H36N2O/c1-13(2)19-18(12-21)8-6-7-17(10-18)20-11-14(3)9-15(4)16(20)5/h13-17,19,21H,6-12H2,1-5H3. The summed E-state index contributed by atoms with van der Waals surface area (Å²) in [6.45, 7) is 13.1. The maximum atomic E-state index is 10.00. The molecular formula is C18H36N2O. The van der Waals surface area contributed by atoms with E-state index >= 15 is 0 Å². The predicted molar refractivity (Wildman–Crippen MR) is 89.5 cm³/mol. The normalized spacial score (nSPS) is 42.4. The minimum atomic E-state index is -0.0548. The number of rotatable bonds is 4.